The van der Waals surface area contributed by atoms with Crippen LogP contribution in [0.2, 0.25) is 0 Å². The van der Waals surface area contributed by atoms with E-state index < -0.39 is 12.1 Å². The maximum absolute atomic E-state index is 12.3. The molecule has 0 aliphatic heterocycles. The van der Waals surface area contributed by atoms with Gasteiger partial charge in [-0.3, -0.25) is 4.79 Å². The van der Waals surface area contributed by atoms with Gasteiger partial charge in [-0.1, -0.05) is 15.9 Å². The molecule has 0 saturated heterocycles. The van der Waals surface area contributed by atoms with Gasteiger partial charge in [-0.25, -0.2) is 13.8 Å². The fourth-order valence-corrected chi connectivity index (χ4v) is 1.59. The van der Waals surface area contributed by atoms with E-state index in [4.69, 9.17) is 5.73 Å². The number of carbonyl (C=O) groups excluding carboxylic acids is 1. The van der Waals surface area contributed by atoms with Gasteiger partial charge >= 0.3 is 0 Å². The van der Waals surface area contributed by atoms with Crippen LogP contribution in [0.25, 0.3) is 0 Å². The molecule has 14 heavy (non-hydrogen) atoms. The number of nitrogens with two attached hydrogens (primary N) is 1. The van der Waals surface area contributed by atoms with Gasteiger partial charge in [0.15, 0.2) is 6.29 Å². The van der Waals surface area contributed by atoms with E-state index in [-0.39, 0.29) is 12.2 Å². The normalized spacial score (nSPS) is 10.6. The molecule has 0 aliphatic carbocycles. The number of hydrogen-bond donors (Lipinski definition) is 1. The van der Waals surface area contributed by atoms with Gasteiger partial charge in [0.05, 0.1) is 0 Å². The van der Waals surface area contributed by atoms with Crippen LogP contribution in [0.15, 0.2) is 10.5 Å². The molecule has 0 amide bonds. The third kappa shape index (κ3) is 2.13. The summed E-state index contributed by atoms with van der Waals surface area (Å²) < 4.78 is 24.9. The van der Waals surface area contributed by atoms with Crippen LogP contribution in [0.1, 0.15) is 28.2 Å². The number of carbonyl (C=O) groups is 1. The average molecular weight is 265 g/mol. The summed E-state index contributed by atoms with van der Waals surface area (Å²) in [5, 5.41) is 0. The summed E-state index contributed by atoms with van der Waals surface area (Å²) in [5.41, 5.74) is 5.29. The van der Waals surface area contributed by atoms with Crippen LogP contribution in [0, 0.1) is 0 Å². The van der Waals surface area contributed by atoms with E-state index in [2.05, 4.69) is 20.9 Å². The first-order valence-corrected chi connectivity index (χ1v) is 4.52. The van der Waals surface area contributed by atoms with Gasteiger partial charge in [0.2, 0.25) is 0 Å². The zero-order valence-electron chi connectivity index (χ0n) is 7.01. The molecule has 0 aromatic carbocycles. The SMILES string of the molecule is NCc1c(Br)cc(C(F)F)nc1C=O. The number of halogens is 3. The second-order valence-electron chi connectivity index (χ2n) is 2.52. The van der Waals surface area contributed by atoms with Gasteiger partial charge in [0.25, 0.3) is 6.43 Å². The Bertz CT molecular complexity index is 357. The molecule has 0 fully saturated rings. The van der Waals surface area contributed by atoms with Crippen LogP contribution >= 0.6 is 15.9 Å². The maximum Gasteiger partial charge on any atom is 0.280 e. The van der Waals surface area contributed by atoms with Crippen molar-refractivity contribution in [1.82, 2.24) is 4.98 Å². The minimum atomic E-state index is -2.70. The van der Waals surface area contributed by atoms with E-state index in [1.54, 1.807) is 0 Å². The zero-order valence-corrected chi connectivity index (χ0v) is 8.59. The van der Waals surface area contributed by atoms with Crippen molar-refractivity contribution in [3.8, 4) is 0 Å². The fraction of sp³-hybridized carbons (Fsp3) is 0.250. The summed E-state index contributed by atoms with van der Waals surface area (Å²) in [6.07, 6.45) is -2.28. The van der Waals surface area contributed by atoms with Crippen LogP contribution in [-0.4, -0.2) is 11.3 Å². The molecule has 0 saturated carbocycles. The summed E-state index contributed by atoms with van der Waals surface area (Å²) in [5.74, 6) is 0. The lowest BCUT2D eigenvalue weighted by atomic mass is 10.2. The molecule has 0 radical (unpaired) electrons. The first kappa shape index (κ1) is 11.2. The standard InChI is InChI=1S/C8H7BrF2N2O/c9-5-1-6(8(10)11)13-7(3-14)4(5)2-12/h1,3,8H,2,12H2. The Labute approximate surface area is 87.4 Å². The second-order valence-corrected chi connectivity index (χ2v) is 3.37. The third-order valence-corrected chi connectivity index (χ3v) is 2.37. The smallest absolute Gasteiger partial charge is 0.280 e. The van der Waals surface area contributed by atoms with Gasteiger partial charge in [0, 0.05) is 16.6 Å². The Kier molecular flexibility index (Phi) is 3.65. The van der Waals surface area contributed by atoms with Crippen molar-refractivity contribution >= 4 is 22.2 Å². The quantitative estimate of drug-likeness (QED) is 0.851. The molecule has 3 nitrogen and oxygen atoms in total. The Morgan fingerprint density at radius 1 is 1.64 bits per heavy atom. The number of rotatable bonds is 3. The predicted molar refractivity (Wildman–Crippen MR) is 50.2 cm³/mol. The number of pyridine rings is 1. The molecule has 2 N–H and O–H groups in total. The number of nitrogens with zero attached hydrogens (tertiary/aromatic N) is 1. The fourth-order valence-electron chi connectivity index (χ4n) is 0.989. The Morgan fingerprint density at radius 2 is 2.29 bits per heavy atom. The largest absolute Gasteiger partial charge is 0.326 e. The first-order valence-electron chi connectivity index (χ1n) is 3.72. The van der Waals surface area contributed by atoms with Crippen molar-refractivity contribution < 1.29 is 13.6 Å². The summed E-state index contributed by atoms with van der Waals surface area (Å²) in [6.45, 7) is 0.0746. The van der Waals surface area contributed by atoms with Crippen molar-refractivity contribution in [2.45, 2.75) is 13.0 Å². The summed E-state index contributed by atoms with van der Waals surface area (Å²) in [4.78, 5) is 14.0. The highest BCUT2D eigenvalue weighted by Crippen LogP contribution is 2.24. The van der Waals surface area contributed by atoms with Gasteiger partial charge in [-0.15, -0.1) is 0 Å². The molecule has 1 aromatic rings. The molecular weight excluding hydrogens is 258 g/mol. The lowest BCUT2D eigenvalue weighted by Crippen LogP contribution is -2.06. The van der Waals surface area contributed by atoms with Gasteiger partial charge in [-0.05, 0) is 6.07 Å². The van der Waals surface area contributed by atoms with Crippen molar-refractivity contribution in [3.05, 3.63) is 27.5 Å². The molecule has 1 heterocycles. The summed E-state index contributed by atoms with van der Waals surface area (Å²) >= 11 is 3.06. The second kappa shape index (κ2) is 4.56. The highest BCUT2D eigenvalue weighted by atomic mass is 79.9. The minimum absolute atomic E-state index is 0.0443. The predicted octanol–water partition coefficient (Wildman–Crippen LogP) is 2.05. The van der Waals surface area contributed by atoms with Crippen molar-refractivity contribution in [2.75, 3.05) is 0 Å². The van der Waals surface area contributed by atoms with E-state index in [1.807, 2.05) is 0 Å². The third-order valence-electron chi connectivity index (χ3n) is 1.66. The molecule has 6 heteroatoms. The number of hydrogen-bond acceptors (Lipinski definition) is 3. The molecule has 0 unspecified atom stereocenters. The molecule has 1 aromatic heterocycles. The van der Waals surface area contributed by atoms with Crippen molar-refractivity contribution in [3.63, 3.8) is 0 Å². The van der Waals surface area contributed by atoms with Crippen molar-refractivity contribution in [1.29, 1.82) is 0 Å². The topological polar surface area (TPSA) is 56.0 Å². The summed E-state index contributed by atoms with van der Waals surface area (Å²) in [7, 11) is 0. The molecular formula is C8H7BrF2N2O. The average Bonchev–Trinajstić information content (AvgIpc) is 2.16. The lowest BCUT2D eigenvalue weighted by Gasteiger charge is -2.07. The highest BCUT2D eigenvalue weighted by Gasteiger charge is 2.14. The molecule has 0 bridgehead atoms. The van der Waals surface area contributed by atoms with Gasteiger partial charge in [0.1, 0.15) is 11.4 Å². The summed E-state index contributed by atoms with van der Waals surface area (Å²) in [6, 6.07) is 1.17. The van der Waals surface area contributed by atoms with Gasteiger partial charge in [-0.2, -0.15) is 0 Å². The van der Waals surface area contributed by atoms with Gasteiger partial charge < -0.3 is 5.73 Å². The number of aldehydes is 1. The van der Waals surface area contributed by atoms with Crippen LogP contribution < -0.4 is 5.73 Å². The Hall–Kier alpha value is -0.880. The number of alkyl halides is 2. The monoisotopic (exact) mass is 264 g/mol. The molecule has 0 atom stereocenters. The Morgan fingerprint density at radius 3 is 2.71 bits per heavy atom. The molecule has 0 spiro atoms. The van der Waals surface area contributed by atoms with E-state index in [9.17, 15) is 13.6 Å². The first-order chi connectivity index (χ1) is 6.60. The van der Waals surface area contributed by atoms with Crippen LogP contribution in [-0.2, 0) is 6.54 Å². The molecule has 76 valence electrons. The van der Waals surface area contributed by atoms with Crippen LogP contribution in [0.3, 0.4) is 0 Å². The van der Waals surface area contributed by atoms with E-state index >= 15 is 0 Å². The van der Waals surface area contributed by atoms with Crippen LogP contribution in [0.5, 0.6) is 0 Å². The van der Waals surface area contributed by atoms with E-state index in [1.165, 1.54) is 6.07 Å². The molecule has 0 aliphatic rings. The Balaban J connectivity index is 3.31. The minimum Gasteiger partial charge on any atom is -0.326 e. The highest BCUT2D eigenvalue weighted by molar-refractivity contribution is 9.10. The van der Waals surface area contributed by atoms with Crippen molar-refractivity contribution in [2.24, 2.45) is 5.73 Å². The van der Waals surface area contributed by atoms with E-state index in [0.29, 0.717) is 16.3 Å². The van der Waals surface area contributed by atoms with E-state index in [0.717, 1.165) is 0 Å². The number of aromatic nitrogens is 1. The zero-order chi connectivity index (χ0) is 10.7. The lowest BCUT2D eigenvalue weighted by molar-refractivity contribution is 0.111. The molecule has 1 rings (SSSR count). The maximum atomic E-state index is 12.3. The van der Waals surface area contributed by atoms with Crippen LogP contribution in [0.4, 0.5) is 8.78 Å².